The van der Waals surface area contributed by atoms with Crippen LogP contribution in [0.5, 0.6) is 0 Å². The SMILES string of the molecule is C[C@H]1[C@@H](c2ccccc2)O[C@@H](c2ccc([N+](=O)[O-])cc2)N1C. The van der Waals surface area contributed by atoms with E-state index in [-0.39, 0.29) is 24.1 Å². The normalized spacial score (nSPS) is 25.3. The molecule has 0 aliphatic carbocycles. The first-order valence-corrected chi connectivity index (χ1v) is 7.24. The number of benzene rings is 2. The van der Waals surface area contributed by atoms with E-state index in [1.807, 2.05) is 25.2 Å². The van der Waals surface area contributed by atoms with Crippen LogP contribution in [0, 0.1) is 10.1 Å². The fourth-order valence-electron chi connectivity index (χ4n) is 2.85. The molecular formula is C17H18N2O3. The Balaban J connectivity index is 1.85. The van der Waals surface area contributed by atoms with Crippen LogP contribution in [0.1, 0.15) is 30.4 Å². The molecule has 3 rings (SSSR count). The lowest BCUT2D eigenvalue weighted by atomic mass is 10.0. The summed E-state index contributed by atoms with van der Waals surface area (Å²) in [5.74, 6) is 0. The van der Waals surface area contributed by atoms with Crippen LogP contribution in [0.4, 0.5) is 5.69 Å². The Labute approximate surface area is 129 Å². The highest BCUT2D eigenvalue weighted by molar-refractivity contribution is 5.34. The highest BCUT2D eigenvalue weighted by Gasteiger charge is 2.38. The zero-order valence-electron chi connectivity index (χ0n) is 12.5. The second kappa shape index (κ2) is 5.87. The van der Waals surface area contributed by atoms with Crippen LogP contribution in [0.3, 0.4) is 0 Å². The number of nitrogens with zero attached hydrogens (tertiary/aromatic N) is 2. The van der Waals surface area contributed by atoms with Gasteiger partial charge in [0, 0.05) is 18.2 Å². The van der Waals surface area contributed by atoms with Crippen molar-refractivity contribution < 1.29 is 9.66 Å². The number of hydrogen-bond donors (Lipinski definition) is 0. The van der Waals surface area contributed by atoms with Crippen molar-refractivity contribution in [1.29, 1.82) is 0 Å². The predicted octanol–water partition coefficient (Wildman–Crippen LogP) is 3.69. The minimum Gasteiger partial charge on any atom is -0.349 e. The second-order valence-corrected chi connectivity index (χ2v) is 5.57. The molecule has 1 saturated heterocycles. The van der Waals surface area contributed by atoms with Gasteiger partial charge in [0.2, 0.25) is 0 Å². The molecule has 3 atom stereocenters. The van der Waals surface area contributed by atoms with Gasteiger partial charge in [-0.3, -0.25) is 15.0 Å². The highest BCUT2D eigenvalue weighted by atomic mass is 16.6. The van der Waals surface area contributed by atoms with E-state index in [9.17, 15) is 10.1 Å². The van der Waals surface area contributed by atoms with Crippen molar-refractivity contribution >= 4 is 5.69 Å². The summed E-state index contributed by atoms with van der Waals surface area (Å²) in [4.78, 5) is 12.5. The molecule has 5 nitrogen and oxygen atoms in total. The minimum absolute atomic E-state index is 0.00797. The van der Waals surface area contributed by atoms with Gasteiger partial charge in [0.1, 0.15) is 12.3 Å². The molecule has 1 fully saturated rings. The van der Waals surface area contributed by atoms with Crippen molar-refractivity contribution in [3.05, 3.63) is 75.8 Å². The van der Waals surface area contributed by atoms with Gasteiger partial charge in [-0.1, -0.05) is 30.3 Å². The van der Waals surface area contributed by atoms with Crippen LogP contribution in [0.25, 0.3) is 0 Å². The van der Waals surface area contributed by atoms with Gasteiger partial charge in [-0.05, 0) is 37.2 Å². The van der Waals surface area contributed by atoms with E-state index >= 15 is 0 Å². The number of ether oxygens (including phenoxy) is 1. The van der Waals surface area contributed by atoms with E-state index in [0.717, 1.165) is 11.1 Å². The van der Waals surface area contributed by atoms with E-state index in [2.05, 4.69) is 24.0 Å². The Bertz CT molecular complexity index is 657. The van der Waals surface area contributed by atoms with Gasteiger partial charge in [0.25, 0.3) is 5.69 Å². The number of likely N-dealkylation sites (N-methyl/N-ethyl adjacent to an activating group) is 1. The molecule has 114 valence electrons. The topological polar surface area (TPSA) is 55.6 Å². The number of nitro groups is 1. The van der Waals surface area contributed by atoms with E-state index in [1.165, 1.54) is 12.1 Å². The Hall–Kier alpha value is -2.24. The van der Waals surface area contributed by atoms with Crippen LogP contribution in [-0.2, 0) is 4.74 Å². The lowest BCUT2D eigenvalue weighted by Crippen LogP contribution is -2.27. The molecule has 22 heavy (non-hydrogen) atoms. The standard InChI is InChI=1S/C17H18N2O3/c1-12-16(13-6-4-3-5-7-13)22-17(18(12)2)14-8-10-15(11-9-14)19(20)21/h3-12,16-17H,1-2H3/t12-,16-,17-/m0/s1. The number of hydrogen-bond acceptors (Lipinski definition) is 4. The Morgan fingerprint density at radius 2 is 1.68 bits per heavy atom. The summed E-state index contributed by atoms with van der Waals surface area (Å²) >= 11 is 0. The molecule has 0 saturated carbocycles. The molecule has 1 aliphatic heterocycles. The highest BCUT2D eigenvalue weighted by Crippen LogP contribution is 2.41. The van der Waals surface area contributed by atoms with Crippen LogP contribution in [0.2, 0.25) is 0 Å². The van der Waals surface area contributed by atoms with Crippen molar-refractivity contribution in [2.24, 2.45) is 0 Å². The lowest BCUT2D eigenvalue weighted by Gasteiger charge is -2.21. The maximum Gasteiger partial charge on any atom is 0.269 e. The summed E-state index contributed by atoms with van der Waals surface area (Å²) in [5.41, 5.74) is 2.17. The average Bonchev–Trinajstić information content (AvgIpc) is 2.84. The molecule has 1 aliphatic rings. The molecule has 2 aromatic carbocycles. The fraction of sp³-hybridized carbons (Fsp3) is 0.294. The lowest BCUT2D eigenvalue weighted by molar-refractivity contribution is -0.384. The summed E-state index contributed by atoms with van der Waals surface area (Å²) in [6.45, 7) is 2.13. The second-order valence-electron chi connectivity index (χ2n) is 5.57. The summed E-state index contributed by atoms with van der Waals surface area (Å²) in [6.07, 6.45) is -0.201. The number of non-ortho nitro benzene ring substituents is 1. The smallest absolute Gasteiger partial charge is 0.269 e. The predicted molar refractivity (Wildman–Crippen MR) is 83.3 cm³/mol. The van der Waals surface area contributed by atoms with Gasteiger partial charge in [-0.15, -0.1) is 0 Å². The maximum atomic E-state index is 10.8. The molecule has 2 aromatic rings. The van der Waals surface area contributed by atoms with Gasteiger partial charge in [0.05, 0.1) is 4.92 Å². The van der Waals surface area contributed by atoms with Gasteiger partial charge in [-0.2, -0.15) is 0 Å². The summed E-state index contributed by atoms with van der Waals surface area (Å²) in [5, 5.41) is 10.8. The Morgan fingerprint density at radius 1 is 1.05 bits per heavy atom. The fourth-order valence-corrected chi connectivity index (χ4v) is 2.85. The minimum atomic E-state index is -0.390. The van der Waals surface area contributed by atoms with Crippen molar-refractivity contribution in [3.63, 3.8) is 0 Å². The summed E-state index contributed by atoms with van der Waals surface area (Å²) < 4.78 is 6.21. The van der Waals surface area contributed by atoms with E-state index in [1.54, 1.807) is 12.1 Å². The van der Waals surface area contributed by atoms with Crippen molar-refractivity contribution in [1.82, 2.24) is 4.90 Å². The van der Waals surface area contributed by atoms with Crippen molar-refractivity contribution in [2.45, 2.75) is 25.3 Å². The molecule has 0 unspecified atom stereocenters. The van der Waals surface area contributed by atoms with Crippen molar-refractivity contribution in [3.8, 4) is 0 Å². The number of nitro benzene ring substituents is 1. The Morgan fingerprint density at radius 3 is 2.27 bits per heavy atom. The first kappa shape index (κ1) is 14.7. The molecular weight excluding hydrogens is 280 g/mol. The van der Waals surface area contributed by atoms with E-state index in [4.69, 9.17) is 4.74 Å². The maximum absolute atomic E-state index is 10.8. The van der Waals surface area contributed by atoms with Gasteiger partial charge < -0.3 is 4.74 Å². The third-order valence-corrected chi connectivity index (χ3v) is 4.24. The van der Waals surface area contributed by atoms with Gasteiger partial charge in [0.15, 0.2) is 0 Å². The summed E-state index contributed by atoms with van der Waals surface area (Å²) in [6, 6.07) is 16.9. The number of rotatable bonds is 3. The van der Waals surface area contributed by atoms with Crippen LogP contribution >= 0.6 is 0 Å². The molecule has 0 spiro atoms. The van der Waals surface area contributed by atoms with E-state index in [0.29, 0.717) is 0 Å². The van der Waals surface area contributed by atoms with Gasteiger partial charge >= 0.3 is 0 Å². The zero-order chi connectivity index (χ0) is 15.7. The van der Waals surface area contributed by atoms with Crippen LogP contribution in [0.15, 0.2) is 54.6 Å². The quantitative estimate of drug-likeness (QED) is 0.640. The molecule has 5 heteroatoms. The third kappa shape index (κ3) is 2.61. The van der Waals surface area contributed by atoms with Crippen LogP contribution < -0.4 is 0 Å². The monoisotopic (exact) mass is 298 g/mol. The molecule has 0 N–H and O–H groups in total. The Kier molecular flexibility index (Phi) is 3.92. The average molecular weight is 298 g/mol. The third-order valence-electron chi connectivity index (χ3n) is 4.24. The molecule has 1 heterocycles. The van der Waals surface area contributed by atoms with Crippen molar-refractivity contribution in [2.75, 3.05) is 7.05 Å². The molecule has 0 aromatic heterocycles. The van der Waals surface area contributed by atoms with Gasteiger partial charge in [-0.25, -0.2) is 0 Å². The molecule has 0 radical (unpaired) electrons. The molecule has 0 bridgehead atoms. The first-order valence-electron chi connectivity index (χ1n) is 7.24. The zero-order valence-corrected chi connectivity index (χ0v) is 12.5. The largest absolute Gasteiger partial charge is 0.349 e. The first-order chi connectivity index (χ1) is 10.6. The summed E-state index contributed by atoms with van der Waals surface area (Å²) in [7, 11) is 2.01. The van der Waals surface area contributed by atoms with E-state index < -0.39 is 4.92 Å². The van der Waals surface area contributed by atoms with Crippen LogP contribution in [-0.4, -0.2) is 22.9 Å². The molecule has 0 amide bonds.